The molecule has 2 heterocycles. The average Bonchev–Trinajstić information content (AvgIpc) is 2.62. The third kappa shape index (κ3) is 4.46. The summed E-state index contributed by atoms with van der Waals surface area (Å²) in [4.78, 5) is 14.2. The van der Waals surface area contributed by atoms with Gasteiger partial charge in [0.05, 0.1) is 12.3 Å². The molecular formula is C20H27ClN4O. The third-order valence-electron chi connectivity index (χ3n) is 4.52. The fourth-order valence-electron chi connectivity index (χ4n) is 3.05. The number of ether oxygens (including phenoxy) is 1. The molecule has 2 aromatic rings. The number of aromatic nitrogens is 2. The van der Waals surface area contributed by atoms with Crippen molar-refractivity contribution in [1.29, 1.82) is 0 Å². The Morgan fingerprint density at radius 2 is 1.62 bits per heavy atom. The van der Waals surface area contributed by atoms with Gasteiger partial charge < -0.3 is 14.5 Å². The minimum atomic E-state index is -0.0936. The number of piperazine rings is 1. The monoisotopic (exact) mass is 374 g/mol. The van der Waals surface area contributed by atoms with E-state index < -0.39 is 0 Å². The van der Waals surface area contributed by atoms with Gasteiger partial charge in [0.15, 0.2) is 0 Å². The van der Waals surface area contributed by atoms with Crippen LogP contribution in [0.3, 0.4) is 0 Å². The Morgan fingerprint density at radius 3 is 2.19 bits per heavy atom. The van der Waals surface area contributed by atoms with E-state index in [1.807, 2.05) is 12.1 Å². The predicted molar refractivity (Wildman–Crippen MR) is 107 cm³/mol. The molecule has 1 fully saturated rings. The highest BCUT2D eigenvalue weighted by Crippen LogP contribution is 2.25. The molecule has 1 aliphatic rings. The van der Waals surface area contributed by atoms with Gasteiger partial charge in [-0.2, -0.15) is 0 Å². The minimum Gasteiger partial charge on any atom is -0.378 e. The van der Waals surface area contributed by atoms with Gasteiger partial charge in [-0.1, -0.05) is 32.4 Å². The Labute approximate surface area is 161 Å². The molecule has 6 heteroatoms. The average molecular weight is 375 g/mol. The van der Waals surface area contributed by atoms with Crippen LogP contribution in [0.5, 0.6) is 0 Å². The summed E-state index contributed by atoms with van der Waals surface area (Å²) < 4.78 is 5.29. The van der Waals surface area contributed by atoms with Crippen molar-refractivity contribution in [1.82, 2.24) is 9.97 Å². The number of hydrogen-bond donors (Lipinski definition) is 0. The molecule has 140 valence electrons. The highest BCUT2D eigenvalue weighted by molar-refractivity contribution is 6.30. The summed E-state index contributed by atoms with van der Waals surface area (Å²) in [5.41, 5.74) is 2.05. The third-order valence-corrected chi connectivity index (χ3v) is 4.78. The van der Waals surface area contributed by atoms with Crippen molar-refractivity contribution < 1.29 is 4.74 Å². The fourth-order valence-corrected chi connectivity index (χ4v) is 3.17. The number of anilines is 2. The number of hydrogen-bond acceptors (Lipinski definition) is 5. The number of benzene rings is 1. The van der Waals surface area contributed by atoms with Gasteiger partial charge in [0.2, 0.25) is 0 Å². The second kappa shape index (κ2) is 7.80. The van der Waals surface area contributed by atoms with Crippen LogP contribution in [-0.2, 0) is 16.8 Å². The maximum absolute atomic E-state index is 5.99. The van der Waals surface area contributed by atoms with E-state index in [0.29, 0.717) is 6.61 Å². The van der Waals surface area contributed by atoms with Gasteiger partial charge in [-0.05, 0) is 24.3 Å². The van der Waals surface area contributed by atoms with Crippen molar-refractivity contribution >= 4 is 23.1 Å². The summed E-state index contributed by atoms with van der Waals surface area (Å²) in [6.45, 7) is 10.7. The van der Waals surface area contributed by atoms with Crippen molar-refractivity contribution in [2.24, 2.45) is 0 Å². The second-order valence-electron chi connectivity index (χ2n) is 7.67. The van der Waals surface area contributed by atoms with Gasteiger partial charge in [0, 0.05) is 55.5 Å². The number of halogens is 1. The van der Waals surface area contributed by atoms with Crippen LogP contribution in [0.2, 0.25) is 5.02 Å². The molecular weight excluding hydrogens is 348 g/mol. The Kier molecular flexibility index (Phi) is 5.68. The molecule has 5 nitrogen and oxygen atoms in total. The topological polar surface area (TPSA) is 41.5 Å². The van der Waals surface area contributed by atoms with E-state index in [-0.39, 0.29) is 5.41 Å². The quantitative estimate of drug-likeness (QED) is 0.811. The first kappa shape index (κ1) is 18.9. The SMILES string of the molecule is COCc1cc(N2CCN(c3ccc(Cl)cc3)CC2)nc(C(C)(C)C)n1. The Hall–Kier alpha value is -1.85. The molecule has 1 aromatic carbocycles. The normalized spacial score (nSPS) is 15.4. The largest absolute Gasteiger partial charge is 0.378 e. The first-order chi connectivity index (χ1) is 12.4. The van der Waals surface area contributed by atoms with E-state index in [4.69, 9.17) is 21.3 Å². The molecule has 0 unspecified atom stereocenters. The van der Waals surface area contributed by atoms with E-state index in [2.05, 4.69) is 53.8 Å². The molecule has 26 heavy (non-hydrogen) atoms. The fraction of sp³-hybridized carbons (Fsp3) is 0.500. The standard InChI is InChI=1S/C20H27ClN4O/c1-20(2,3)19-22-16(14-26-4)13-18(23-19)25-11-9-24(10-12-25)17-7-5-15(21)6-8-17/h5-8,13H,9-12,14H2,1-4H3. The zero-order chi connectivity index (χ0) is 18.7. The van der Waals surface area contributed by atoms with Crippen LogP contribution in [0, 0.1) is 0 Å². The van der Waals surface area contributed by atoms with Crippen LogP contribution in [0.4, 0.5) is 11.5 Å². The van der Waals surface area contributed by atoms with Crippen molar-refractivity contribution in [3.63, 3.8) is 0 Å². The van der Waals surface area contributed by atoms with Gasteiger partial charge in [0.1, 0.15) is 11.6 Å². The van der Waals surface area contributed by atoms with E-state index in [9.17, 15) is 0 Å². The van der Waals surface area contributed by atoms with Gasteiger partial charge in [-0.15, -0.1) is 0 Å². The van der Waals surface area contributed by atoms with E-state index in [0.717, 1.165) is 48.5 Å². The smallest absolute Gasteiger partial charge is 0.136 e. The lowest BCUT2D eigenvalue weighted by atomic mass is 9.95. The molecule has 0 atom stereocenters. The summed E-state index contributed by atoms with van der Waals surface area (Å²) in [7, 11) is 1.70. The summed E-state index contributed by atoms with van der Waals surface area (Å²) in [6.07, 6.45) is 0. The minimum absolute atomic E-state index is 0.0936. The molecule has 0 spiro atoms. The predicted octanol–water partition coefficient (Wildman–Crippen LogP) is 3.90. The molecule has 3 rings (SSSR count). The zero-order valence-electron chi connectivity index (χ0n) is 16.0. The van der Waals surface area contributed by atoms with E-state index >= 15 is 0 Å². The van der Waals surface area contributed by atoms with E-state index in [1.54, 1.807) is 7.11 Å². The van der Waals surface area contributed by atoms with Crippen LogP contribution in [0.25, 0.3) is 0 Å². The van der Waals surface area contributed by atoms with Crippen molar-refractivity contribution in [2.45, 2.75) is 32.8 Å². The molecule has 0 amide bonds. The highest BCUT2D eigenvalue weighted by Gasteiger charge is 2.23. The van der Waals surface area contributed by atoms with Gasteiger partial charge >= 0.3 is 0 Å². The van der Waals surface area contributed by atoms with Crippen LogP contribution >= 0.6 is 11.6 Å². The molecule has 1 aromatic heterocycles. The summed E-state index contributed by atoms with van der Waals surface area (Å²) in [6, 6.07) is 10.1. The number of methoxy groups -OCH3 is 1. The molecule has 1 saturated heterocycles. The highest BCUT2D eigenvalue weighted by atomic mass is 35.5. The molecule has 1 aliphatic heterocycles. The summed E-state index contributed by atoms with van der Waals surface area (Å²) in [5.74, 6) is 1.86. The Morgan fingerprint density at radius 1 is 1.00 bits per heavy atom. The second-order valence-corrected chi connectivity index (χ2v) is 8.11. The van der Waals surface area contributed by atoms with Crippen LogP contribution in [0.15, 0.2) is 30.3 Å². The number of rotatable bonds is 4. The maximum Gasteiger partial charge on any atom is 0.136 e. The molecule has 0 N–H and O–H groups in total. The molecule has 0 aliphatic carbocycles. The van der Waals surface area contributed by atoms with Crippen molar-refractivity contribution in [3.05, 3.63) is 46.9 Å². The molecule has 0 bridgehead atoms. The first-order valence-corrected chi connectivity index (χ1v) is 9.37. The summed E-state index contributed by atoms with van der Waals surface area (Å²) >= 11 is 5.99. The Balaban J connectivity index is 1.76. The zero-order valence-corrected chi connectivity index (χ0v) is 16.8. The van der Waals surface area contributed by atoms with Crippen LogP contribution in [-0.4, -0.2) is 43.3 Å². The van der Waals surface area contributed by atoms with Crippen LogP contribution in [0.1, 0.15) is 32.3 Å². The lowest BCUT2D eigenvalue weighted by molar-refractivity contribution is 0.181. The Bertz CT molecular complexity index is 734. The molecule has 0 saturated carbocycles. The number of nitrogens with zero attached hydrogens (tertiary/aromatic N) is 4. The van der Waals surface area contributed by atoms with Crippen LogP contribution < -0.4 is 9.80 Å². The van der Waals surface area contributed by atoms with Crippen molar-refractivity contribution in [2.75, 3.05) is 43.1 Å². The van der Waals surface area contributed by atoms with Crippen molar-refractivity contribution in [3.8, 4) is 0 Å². The lowest BCUT2D eigenvalue weighted by Crippen LogP contribution is -2.47. The van der Waals surface area contributed by atoms with Gasteiger partial charge in [-0.3, -0.25) is 0 Å². The molecule has 0 radical (unpaired) electrons. The lowest BCUT2D eigenvalue weighted by Gasteiger charge is -2.37. The van der Waals surface area contributed by atoms with Gasteiger partial charge in [0.25, 0.3) is 0 Å². The first-order valence-electron chi connectivity index (χ1n) is 8.99. The summed E-state index contributed by atoms with van der Waals surface area (Å²) in [5, 5.41) is 0.772. The van der Waals surface area contributed by atoms with Gasteiger partial charge in [-0.25, -0.2) is 9.97 Å². The van der Waals surface area contributed by atoms with E-state index in [1.165, 1.54) is 5.69 Å². The maximum atomic E-state index is 5.99.